The minimum absolute atomic E-state index is 0. The van der Waals surface area contributed by atoms with Crippen molar-refractivity contribution in [2.75, 3.05) is 13.1 Å². The molecule has 3 rings (SSSR count). The third-order valence-corrected chi connectivity index (χ3v) is 4.57. The van der Waals surface area contributed by atoms with Crippen LogP contribution in [0.3, 0.4) is 0 Å². The molecule has 0 unspecified atom stereocenters. The summed E-state index contributed by atoms with van der Waals surface area (Å²) in [7, 11) is 0. The molecule has 2 aromatic rings. The molecular weight excluding hydrogens is 338 g/mol. The highest BCUT2D eigenvalue weighted by molar-refractivity contribution is 5.92. The zero-order valence-electron chi connectivity index (χ0n) is 14.7. The van der Waals surface area contributed by atoms with Gasteiger partial charge in [0.2, 0.25) is 0 Å². The topological polar surface area (TPSA) is 77.0 Å². The van der Waals surface area contributed by atoms with Crippen molar-refractivity contribution in [3.8, 4) is 0 Å². The van der Waals surface area contributed by atoms with Crippen LogP contribution in [-0.4, -0.2) is 44.9 Å². The smallest absolute Gasteiger partial charge is 0.276 e. The Morgan fingerprint density at radius 2 is 2.00 bits per heavy atom. The number of aryl methyl sites for hydroxylation is 1. The average Bonchev–Trinajstić information content (AvgIpc) is 3.20. The Balaban J connectivity index is 0.00000225. The summed E-state index contributed by atoms with van der Waals surface area (Å²) < 4.78 is 1.75. The van der Waals surface area contributed by atoms with Crippen molar-refractivity contribution in [3.05, 3.63) is 47.8 Å². The molecule has 1 saturated heterocycles. The summed E-state index contributed by atoms with van der Waals surface area (Å²) >= 11 is 0. The maximum atomic E-state index is 12.7. The van der Waals surface area contributed by atoms with Crippen molar-refractivity contribution in [1.82, 2.24) is 19.9 Å². The molecule has 136 valence electrons. The van der Waals surface area contributed by atoms with Crippen LogP contribution in [0.4, 0.5) is 0 Å². The predicted molar refractivity (Wildman–Crippen MR) is 99.8 cm³/mol. The Bertz CT molecular complexity index is 688. The fourth-order valence-corrected chi connectivity index (χ4v) is 3.11. The number of nitrogens with two attached hydrogens (primary N) is 1. The van der Waals surface area contributed by atoms with Crippen LogP contribution >= 0.6 is 12.4 Å². The van der Waals surface area contributed by atoms with E-state index in [0.29, 0.717) is 24.7 Å². The van der Waals surface area contributed by atoms with Gasteiger partial charge in [-0.1, -0.05) is 49.4 Å². The number of hydrogen-bond acceptors (Lipinski definition) is 4. The van der Waals surface area contributed by atoms with E-state index >= 15 is 0 Å². The van der Waals surface area contributed by atoms with Crippen LogP contribution in [-0.2, 0) is 6.54 Å². The van der Waals surface area contributed by atoms with Gasteiger partial charge in [-0.15, -0.1) is 17.5 Å². The molecule has 1 aromatic carbocycles. The summed E-state index contributed by atoms with van der Waals surface area (Å²) in [5.74, 6) is 0.683. The zero-order chi connectivity index (χ0) is 17.1. The molecule has 1 amide bonds. The molecule has 0 aliphatic carbocycles. The van der Waals surface area contributed by atoms with Gasteiger partial charge in [-0.3, -0.25) is 9.48 Å². The number of nitrogens with zero attached hydrogens (tertiary/aromatic N) is 4. The third kappa shape index (κ3) is 4.58. The number of halogens is 1. The van der Waals surface area contributed by atoms with Gasteiger partial charge in [0.05, 0.1) is 6.20 Å². The summed E-state index contributed by atoms with van der Waals surface area (Å²) in [6.07, 6.45) is 2.76. The lowest BCUT2D eigenvalue weighted by atomic mass is 9.95. The number of hydrogen-bond donors (Lipinski definition) is 1. The number of carbonyl (C=O) groups is 1. The summed E-state index contributed by atoms with van der Waals surface area (Å²) in [4.78, 5) is 14.5. The molecule has 1 fully saturated rings. The molecule has 2 heterocycles. The first-order valence-electron chi connectivity index (χ1n) is 8.54. The summed E-state index contributed by atoms with van der Waals surface area (Å²) in [5, 5.41) is 8.11. The molecule has 1 aliphatic rings. The summed E-state index contributed by atoms with van der Waals surface area (Å²) in [6.45, 7) is 6.29. The summed E-state index contributed by atoms with van der Waals surface area (Å²) in [5.41, 5.74) is 7.85. The average molecular weight is 364 g/mol. The molecule has 1 aromatic heterocycles. The molecule has 0 saturated carbocycles. The molecule has 2 N–H and O–H groups in total. The van der Waals surface area contributed by atoms with Gasteiger partial charge >= 0.3 is 0 Å². The highest BCUT2D eigenvalue weighted by Crippen LogP contribution is 2.27. The maximum Gasteiger partial charge on any atom is 0.276 e. The van der Waals surface area contributed by atoms with Gasteiger partial charge in [0, 0.05) is 31.6 Å². The standard InChI is InChI=1S/C18H25N5O.ClH/c1-13(2)8-9-23-12-17(20-21-23)18(24)22-10-15(16(19)11-22)14-6-4-3-5-7-14;/h3-7,12-13,15-16H,8-11,19H2,1-2H3;1H/t15-,16+;/m0./s1. The van der Waals surface area contributed by atoms with Crippen molar-refractivity contribution >= 4 is 18.3 Å². The van der Waals surface area contributed by atoms with Crippen LogP contribution < -0.4 is 5.73 Å². The van der Waals surface area contributed by atoms with Crippen LogP contribution in [0.1, 0.15) is 42.2 Å². The van der Waals surface area contributed by atoms with Gasteiger partial charge in [0.15, 0.2) is 5.69 Å². The van der Waals surface area contributed by atoms with E-state index in [1.54, 1.807) is 15.8 Å². The van der Waals surface area contributed by atoms with E-state index < -0.39 is 0 Å². The summed E-state index contributed by atoms with van der Waals surface area (Å²) in [6, 6.07) is 10.1. The number of benzene rings is 1. The number of aromatic nitrogens is 3. The van der Waals surface area contributed by atoms with E-state index in [2.05, 4.69) is 36.3 Å². The minimum Gasteiger partial charge on any atom is -0.335 e. The SMILES string of the molecule is CC(C)CCn1cc(C(=O)N2C[C@@H](N)[C@H](c3ccccc3)C2)nn1.Cl. The van der Waals surface area contributed by atoms with Crippen molar-refractivity contribution in [2.45, 2.75) is 38.8 Å². The molecule has 25 heavy (non-hydrogen) atoms. The van der Waals surface area contributed by atoms with E-state index in [1.165, 1.54) is 5.56 Å². The highest BCUT2D eigenvalue weighted by Gasteiger charge is 2.35. The molecular formula is C18H26ClN5O. The number of rotatable bonds is 5. The second-order valence-electron chi connectivity index (χ2n) is 6.94. The number of likely N-dealkylation sites (tertiary alicyclic amines) is 1. The van der Waals surface area contributed by atoms with Gasteiger partial charge < -0.3 is 10.6 Å². The Morgan fingerprint density at radius 3 is 2.68 bits per heavy atom. The number of amides is 1. The first-order valence-corrected chi connectivity index (χ1v) is 8.54. The molecule has 7 heteroatoms. The van der Waals surface area contributed by atoms with E-state index in [9.17, 15) is 4.79 Å². The van der Waals surface area contributed by atoms with Crippen molar-refractivity contribution in [3.63, 3.8) is 0 Å². The van der Waals surface area contributed by atoms with Crippen LogP contribution in [0.15, 0.2) is 36.5 Å². The first kappa shape index (κ1) is 19.4. The lowest BCUT2D eigenvalue weighted by molar-refractivity contribution is 0.0783. The van der Waals surface area contributed by atoms with Crippen molar-refractivity contribution in [2.24, 2.45) is 11.7 Å². The number of carbonyl (C=O) groups excluding carboxylic acids is 1. The minimum atomic E-state index is -0.0836. The van der Waals surface area contributed by atoms with E-state index in [0.717, 1.165) is 13.0 Å². The molecule has 0 bridgehead atoms. The van der Waals surface area contributed by atoms with Gasteiger partial charge in [0.25, 0.3) is 5.91 Å². The highest BCUT2D eigenvalue weighted by atomic mass is 35.5. The van der Waals surface area contributed by atoms with Crippen LogP contribution in [0, 0.1) is 5.92 Å². The fraction of sp³-hybridized carbons (Fsp3) is 0.500. The Morgan fingerprint density at radius 1 is 1.28 bits per heavy atom. The predicted octanol–water partition coefficient (Wildman–Crippen LogP) is 2.31. The Labute approximate surface area is 154 Å². The third-order valence-electron chi connectivity index (χ3n) is 4.57. The van der Waals surface area contributed by atoms with Crippen LogP contribution in [0.25, 0.3) is 0 Å². The van der Waals surface area contributed by atoms with Crippen molar-refractivity contribution in [1.29, 1.82) is 0 Å². The normalized spacial score (nSPS) is 19.9. The molecule has 2 atom stereocenters. The molecule has 0 radical (unpaired) electrons. The van der Waals surface area contributed by atoms with E-state index in [4.69, 9.17) is 5.73 Å². The van der Waals surface area contributed by atoms with E-state index in [-0.39, 0.29) is 30.3 Å². The quantitative estimate of drug-likeness (QED) is 0.884. The lowest BCUT2D eigenvalue weighted by Crippen LogP contribution is -2.32. The van der Waals surface area contributed by atoms with Crippen LogP contribution in [0.2, 0.25) is 0 Å². The largest absolute Gasteiger partial charge is 0.335 e. The van der Waals surface area contributed by atoms with Gasteiger partial charge in [-0.2, -0.15) is 0 Å². The van der Waals surface area contributed by atoms with E-state index in [1.807, 2.05) is 18.2 Å². The monoisotopic (exact) mass is 363 g/mol. The fourth-order valence-electron chi connectivity index (χ4n) is 3.11. The Hall–Kier alpha value is -1.92. The van der Waals surface area contributed by atoms with Gasteiger partial charge in [0.1, 0.15) is 0 Å². The van der Waals surface area contributed by atoms with Crippen molar-refractivity contribution < 1.29 is 4.79 Å². The Kier molecular flexibility index (Phi) is 6.56. The zero-order valence-corrected chi connectivity index (χ0v) is 15.5. The molecule has 6 nitrogen and oxygen atoms in total. The second-order valence-corrected chi connectivity index (χ2v) is 6.94. The van der Waals surface area contributed by atoms with Gasteiger partial charge in [-0.05, 0) is 17.9 Å². The lowest BCUT2D eigenvalue weighted by Gasteiger charge is -2.15. The second kappa shape index (κ2) is 8.45. The van der Waals surface area contributed by atoms with Gasteiger partial charge in [-0.25, -0.2) is 0 Å². The van der Waals surface area contributed by atoms with Crippen LogP contribution in [0.5, 0.6) is 0 Å². The molecule has 0 spiro atoms. The molecule has 1 aliphatic heterocycles. The maximum absolute atomic E-state index is 12.7. The first-order chi connectivity index (χ1) is 11.5.